The lowest BCUT2D eigenvalue weighted by Crippen LogP contribution is -2.48. The molecule has 3 rings (SSSR count). The lowest BCUT2D eigenvalue weighted by molar-refractivity contribution is -0.122. The molecular formula is C17H18FN3O2S. The molecule has 0 radical (unpaired) electrons. The molecule has 0 aliphatic heterocycles. The maximum absolute atomic E-state index is 13.2. The molecule has 2 aromatic rings. The molecule has 1 fully saturated rings. The molecule has 0 bridgehead atoms. The van der Waals surface area contributed by atoms with E-state index in [0.717, 1.165) is 10.4 Å². The maximum atomic E-state index is 13.2. The number of nitrogens with two attached hydrogens (primary N) is 1. The Kier molecular flexibility index (Phi) is 4.64. The highest BCUT2D eigenvalue weighted by Crippen LogP contribution is 2.34. The minimum absolute atomic E-state index is 0.00596. The second-order valence-electron chi connectivity index (χ2n) is 5.87. The summed E-state index contributed by atoms with van der Waals surface area (Å²) in [5.74, 6) is -0.998. The van der Waals surface area contributed by atoms with Gasteiger partial charge in [0.05, 0.1) is 18.1 Å². The van der Waals surface area contributed by atoms with Crippen LogP contribution in [0, 0.1) is 5.82 Å². The summed E-state index contributed by atoms with van der Waals surface area (Å²) >= 11 is 1.51. The summed E-state index contributed by atoms with van der Waals surface area (Å²) in [6.45, 7) is 0.00596. The first kappa shape index (κ1) is 16.6. The van der Waals surface area contributed by atoms with E-state index in [1.807, 2.05) is 17.5 Å². The Hall–Kier alpha value is -2.25. The van der Waals surface area contributed by atoms with Gasteiger partial charge in [-0.05, 0) is 42.0 Å². The number of hydrogen-bond acceptors (Lipinski definition) is 4. The Bertz CT molecular complexity index is 727. The van der Waals surface area contributed by atoms with Gasteiger partial charge in [0.1, 0.15) is 5.82 Å². The van der Waals surface area contributed by atoms with Crippen LogP contribution < -0.4 is 16.4 Å². The van der Waals surface area contributed by atoms with Crippen molar-refractivity contribution in [2.45, 2.75) is 24.4 Å². The van der Waals surface area contributed by atoms with Crippen LogP contribution in [0.2, 0.25) is 0 Å². The predicted octanol–water partition coefficient (Wildman–Crippen LogP) is 1.70. The van der Waals surface area contributed by atoms with Gasteiger partial charge in [0.25, 0.3) is 0 Å². The Labute approximate surface area is 143 Å². The van der Waals surface area contributed by atoms with Crippen molar-refractivity contribution in [2.75, 3.05) is 6.54 Å². The van der Waals surface area contributed by atoms with Crippen LogP contribution in [-0.2, 0) is 9.59 Å². The van der Waals surface area contributed by atoms with E-state index < -0.39 is 11.4 Å². The van der Waals surface area contributed by atoms with Crippen LogP contribution in [-0.4, -0.2) is 23.9 Å². The Morgan fingerprint density at radius 3 is 2.50 bits per heavy atom. The molecule has 5 nitrogen and oxygen atoms in total. The molecule has 1 aromatic carbocycles. The number of rotatable bonds is 7. The van der Waals surface area contributed by atoms with Gasteiger partial charge in [-0.2, -0.15) is 0 Å². The van der Waals surface area contributed by atoms with Crippen molar-refractivity contribution < 1.29 is 14.0 Å². The SMILES string of the molecule is NC(=O)C1(NCC(=O)N[C@@H](c2ccc(F)cc2)c2cccs2)CC1. The molecule has 1 saturated carbocycles. The van der Waals surface area contributed by atoms with Crippen molar-refractivity contribution in [3.05, 3.63) is 58.0 Å². The zero-order valence-electron chi connectivity index (χ0n) is 12.9. The normalized spacial score (nSPS) is 16.4. The van der Waals surface area contributed by atoms with E-state index in [2.05, 4.69) is 10.6 Å². The molecule has 1 aliphatic rings. The predicted molar refractivity (Wildman–Crippen MR) is 89.9 cm³/mol. The van der Waals surface area contributed by atoms with Gasteiger partial charge in [-0.15, -0.1) is 11.3 Å². The van der Waals surface area contributed by atoms with Crippen molar-refractivity contribution in [2.24, 2.45) is 5.73 Å². The summed E-state index contributed by atoms with van der Waals surface area (Å²) in [5.41, 5.74) is 5.40. The lowest BCUT2D eigenvalue weighted by Gasteiger charge is -2.19. The molecule has 126 valence electrons. The highest BCUT2D eigenvalue weighted by Gasteiger charge is 2.48. The van der Waals surface area contributed by atoms with E-state index in [1.54, 1.807) is 12.1 Å². The fourth-order valence-electron chi connectivity index (χ4n) is 2.53. The molecular weight excluding hydrogens is 329 g/mol. The van der Waals surface area contributed by atoms with Crippen molar-refractivity contribution >= 4 is 23.2 Å². The molecule has 0 saturated heterocycles. The third-order valence-corrected chi connectivity index (χ3v) is 5.08. The average molecular weight is 347 g/mol. The van der Waals surface area contributed by atoms with E-state index in [-0.39, 0.29) is 24.3 Å². The summed E-state index contributed by atoms with van der Waals surface area (Å²) in [5, 5.41) is 7.79. The molecule has 24 heavy (non-hydrogen) atoms. The van der Waals surface area contributed by atoms with Gasteiger partial charge in [-0.1, -0.05) is 18.2 Å². The van der Waals surface area contributed by atoms with Gasteiger partial charge in [0.2, 0.25) is 11.8 Å². The quantitative estimate of drug-likeness (QED) is 0.713. The maximum Gasteiger partial charge on any atom is 0.237 e. The fraction of sp³-hybridized carbons (Fsp3) is 0.294. The number of amides is 2. The summed E-state index contributed by atoms with van der Waals surface area (Å²) in [7, 11) is 0. The fourth-order valence-corrected chi connectivity index (χ4v) is 3.33. The van der Waals surface area contributed by atoms with Crippen LogP contribution >= 0.6 is 11.3 Å². The summed E-state index contributed by atoms with van der Waals surface area (Å²) < 4.78 is 13.2. The minimum Gasteiger partial charge on any atom is -0.368 e. The summed E-state index contributed by atoms with van der Waals surface area (Å²) in [4.78, 5) is 24.6. The largest absolute Gasteiger partial charge is 0.368 e. The van der Waals surface area contributed by atoms with Crippen molar-refractivity contribution in [3.63, 3.8) is 0 Å². The smallest absolute Gasteiger partial charge is 0.237 e. The van der Waals surface area contributed by atoms with Gasteiger partial charge in [-0.25, -0.2) is 4.39 Å². The third kappa shape index (κ3) is 3.63. The first-order valence-corrected chi connectivity index (χ1v) is 8.51. The van der Waals surface area contributed by atoms with Crippen LogP contribution in [0.3, 0.4) is 0 Å². The van der Waals surface area contributed by atoms with Gasteiger partial charge in [0.15, 0.2) is 0 Å². The first-order valence-electron chi connectivity index (χ1n) is 7.63. The molecule has 1 heterocycles. The number of benzene rings is 1. The number of nitrogens with one attached hydrogen (secondary N) is 2. The molecule has 0 unspecified atom stereocenters. The second-order valence-corrected chi connectivity index (χ2v) is 6.85. The van der Waals surface area contributed by atoms with Crippen LogP contribution in [0.1, 0.15) is 29.3 Å². The average Bonchev–Trinajstić information content (AvgIpc) is 3.18. The van der Waals surface area contributed by atoms with Crippen molar-refractivity contribution in [1.29, 1.82) is 0 Å². The van der Waals surface area contributed by atoms with Crippen molar-refractivity contribution in [1.82, 2.24) is 10.6 Å². The van der Waals surface area contributed by atoms with Gasteiger partial charge in [0, 0.05) is 4.88 Å². The number of thiophene rings is 1. The third-order valence-electron chi connectivity index (χ3n) is 4.15. The van der Waals surface area contributed by atoms with E-state index in [4.69, 9.17) is 5.73 Å². The van der Waals surface area contributed by atoms with Gasteiger partial charge < -0.3 is 11.1 Å². The molecule has 1 aromatic heterocycles. The Morgan fingerprint density at radius 2 is 1.96 bits per heavy atom. The molecule has 7 heteroatoms. The van der Waals surface area contributed by atoms with Crippen LogP contribution in [0.15, 0.2) is 41.8 Å². The minimum atomic E-state index is -0.731. The number of hydrogen-bond donors (Lipinski definition) is 3. The number of halogens is 1. The second kappa shape index (κ2) is 6.70. The molecule has 1 atom stereocenters. The topological polar surface area (TPSA) is 84.2 Å². The molecule has 2 amide bonds. The Morgan fingerprint density at radius 1 is 1.25 bits per heavy atom. The molecule has 4 N–H and O–H groups in total. The summed E-state index contributed by atoms with van der Waals surface area (Å²) in [6, 6.07) is 9.49. The van der Waals surface area contributed by atoms with E-state index in [1.165, 1.54) is 23.5 Å². The van der Waals surface area contributed by atoms with E-state index >= 15 is 0 Å². The lowest BCUT2D eigenvalue weighted by atomic mass is 10.1. The van der Waals surface area contributed by atoms with E-state index in [9.17, 15) is 14.0 Å². The van der Waals surface area contributed by atoms with Crippen molar-refractivity contribution in [3.8, 4) is 0 Å². The zero-order chi connectivity index (χ0) is 17.2. The van der Waals surface area contributed by atoms with E-state index in [0.29, 0.717) is 12.8 Å². The molecule has 0 spiro atoms. The highest BCUT2D eigenvalue weighted by molar-refractivity contribution is 7.10. The number of carbonyl (C=O) groups excluding carboxylic acids is 2. The zero-order valence-corrected chi connectivity index (χ0v) is 13.7. The monoisotopic (exact) mass is 347 g/mol. The van der Waals surface area contributed by atoms with Gasteiger partial charge in [-0.3, -0.25) is 14.9 Å². The summed E-state index contributed by atoms with van der Waals surface area (Å²) in [6.07, 6.45) is 1.31. The first-order chi connectivity index (χ1) is 11.5. The van der Waals surface area contributed by atoms with Crippen LogP contribution in [0.25, 0.3) is 0 Å². The Balaban J connectivity index is 1.69. The van der Waals surface area contributed by atoms with Gasteiger partial charge >= 0.3 is 0 Å². The molecule has 1 aliphatic carbocycles. The van der Waals surface area contributed by atoms with Crippen LogP contribution in [0.4, 0.5) is 4.39 Å². The van der Waals surface area contributed by atoms with Crippen LogP contribution in [0.5, 0.6) is 0 Å². The highest BCUT2D eigenvalue weighted by atomic mass is 32.1. The standard InChI is InChI=1S/C17H18FN3O2S/c18-12-5-3-11(4-6-12)15(13-2-1-9-24-13)21-14(22)10-20-17(7-8-17)16(19)23/h1-6,9,15,20H,7-8,10H2,(H2,19,23)(H,21,22)/t15-/m0/s1. The number of primary amides is 1. The number of carbonyl (C=O) groups is 2.